The summed E-state index contributed by atoms with van der Waals surface area (Å²) in [5, 5.41) is 20.5. The standard InChI is InChI=1S/C22H22ClN5O2/c1-14(30)24-16-10-8-15(9-11-16)19-13-20(17-5-2-3-6-18(17)23)28-22(25-19)26-21(27-28)7-4-12-29/h2-3,5-6,8-11,13,20,29H,4,7,12H2,1H3,(H,24,30)(H,25,26,27)/t20-/m1/s1. The molecule has 1 aliphatic rings. The molecule has 0 saturated heterocycles. The van der Waals surface area contributed by atoms with E-state index in [-0.39, 0.29) is 18.6 Å². The average molecular weight is 424 g/mol. The highest BCUT2D eigenvalue weighted by atomic mass is 35.5. The lowest BCUT2D eigenvalue weighted by Crippen LogP contribution is -2.20. The molecule has 2 aromatic carbocycles. The molecule has 0 radical (unpaired) electrons. The van der Waals surface area contributed by atoms with Gasteiger partial charge in [-0.2, -0.15) is 10.1 Å². The summed E-state index contributed by atoms with van der Waals surface area (Å²) >= 11 is 6.49. The Hall–Kier alpha value is -3.16. The first-order chi connectivity index (χ1) is 14.5. The number of allylic oxidation sites excluding steroid dienone is 1. The zero-order valence-corrected chi connectivity index (χ0v) is 17.2. The maximum absolute atomic E-state index is 11.3. The Morgan fingerprint density at radius 1 is 1.23 bits per heavy atom. The predicted octanol–water partition coefficient (Wildman–Crippen LogP) is 3.87. The molecule has 3 aromatic rings. The van der Waals surface area contributed by atoms with Crippen molar-refractivity contribution in [1.82, 2.24) is 14.8 Å². The number of hydrogen-bond donors (Lipinski definition) is 3. The highest BCUT2D eigenvalue weighted by molar-refractivity contribution is 6.31. The minimum absolute atomic E-state index is 0.0926. The number of nitrogens with one attached hydrogen (secondary N) is 2. The first-order valence-electron chi connectivity index (χ1n) is 9.72. The van der Waals surface area contributed by atoms with Gasteiger partial charge in [0, 0.05) is 36.4 Å². The van der Waals surface area contributed by atoms with E-state index in [1.165, 1.54) is 6.92 Å². The smallest absolute Gasteiger partial charge is 0.226 e. The van der Waals surface area contributed by atoms with E-state index in [0.717, 1.165) is 22.5 Å². The van der Waals surface area contributed by atoms with E-state index in [0.29, 0.717) is 29.6 Å². The van der Waals surface area contributed by atoms with E-state index in [2.05, 4.69) is 26.8 Å². The summed E-state index contributed by atoms with van der Waals surface area (Å²) in [4.78, 5) is 15.9. The molecule has 7 nitrogen and oxygen atoms in total. The lowest BCUT2D eigenvalue weighted by molar-refractivity contribution is -0.114. The van der Waals surface area contributed by atoms with Gasteiger partial charge in [-0.15, -0.1) is 0 Å². The molecule has 0 aliphatic carbocycles. The fourth-order valence-corrected chi connectivity index (χ4v) is 3.67. The van der Waals surface area contributed by atoms with Crippen LogP contribution in [0.5, 0.6) is 0 Å². The van der Waals surface area contributed by atoms with Gasteiger partial charge in [-0.1, -0.05) is 41.9 Å². The van der Waals surface area contributed by atoms with Gasteiger partial charge in [-0.05, 0) is 41.8 Å². The van der Waals surface area contributed by atoms with Crippen LogP contribution in [0, 0.1) is 0 Å². The number of aryl methyl sites for hydroxylation is 1. The quantitative estimate of drug-likeness (QED) is 0.559. The fraction of sp³-hybridized carbons (Fsp3) is 0.227. The minimum Gasteiger partial charge on any atom is -0.396 e. The van der Waals surface area contributed by atoms with Crippen molar-refractivity contribution in [2.45, 2.75) is 25.8 Å². The zero-order valence-electron chi connectivity index (χ0n) is 16.5. The van der Waals surface area contributed by atoms with Gasteiger partial charge in [-0.3, -0.25) is 4.79 Å². The van der Waals surface area contributed by atoms with Crippen LogP contribution in [-0.4, -0.2) is 32.4 Å². The molecule has 0 fully saturated rings. The Morgan fingerprint density at radius 2 is 2.00 bits per heavy atom. The van der Waals surface area contributed by atoms with Gasteiger partial charge in [0.15, 0.2) is 5.82 Å². The molecule has 4 rings (SSSR count). The number of nitrogens with zero attached hydrogens (tertiary/aromatic N) is 3. The third-order valence-corrected chi connectivity index (χ3v) is 5.15. The number of anilines is 2. The molecule has 1 amide bonds. The van der Waals surface area contributed by atoms with Gasteiger partial charge in [0.2, 0.25) is 11.9 Å². The van der Waals surface area contributed by atoms with Crippen LogP contribution in [0.2, 0.25) is 5.02 Å². The molecule has 1 aromatic heterocycles. The summed E-state index contributed by atoms with van der Waals surface area (Å²) in [6.45, 7) is 1.57. The zero-order chi connectivity index (χ0) is 21.1. The largest absolute Gasteiger partial charge is 0.396 e. The second kappa shape index (κ2) is 8.69. The molecule has 0 saturated carbocycles. The molecule has 1 aliphatic heterocycles. The van der Waals surface area contributed by atoms with Gasteiger partial charge < -0.3 is 15.7 Å². The fourth-order valence-electron chi connectivity index (χ4n) is 3.42. The van der Waals surface area contributed by atoms with Crippen molar-refractivity contribution in [1.29, 1.82) is 0 Å². The minimum atomic E-state index is -0.227. The molecule has 0 bridgehead atoms. The third-order valence-electron chi connectivity index (χ3n) is 4.81. The van der Waals surface area contributed by atoms with Gasteiger partial charge >= 0.3 is 0 Å². The van der Waals surface area contributed by atoms with E-state index in [1.807, 2.05) is 53.2 Å². The summed E-state index contributed by atoms with van der Waals surface area (Å²) in [6.07, 6.45) is 3.26. The predicted molar refractivity (Wildman–Crippen MR) is 117 cm³/mol. The van der Waals surface area contributed by atoms with Gasteiger partial charge in [-0.25, -0.2) is 4.68 Å². The third kappa shape index (κ3) is 4.22. The number of carbonyl (C=O) groups is 1. The van der Waals surface area contributed by atoms with E-state index in [9.17, 15) is 4.79 Å². The normalized spacial score (nSPS) is 15.2. The van der Waals surface area contributed by atoms with Crippen LogP contribution in [0.15, 0.2) is 54.6 Å². The first kappa shape index (κ1) is 20.1. The van der Waals surface area contributed by atoms with Gasteiger partial charge in [0.1, 0.15) is 6.04 Å². The molecule has 8 heteroatoms. The number of rotatable bonds is 6. The highest BCUT2D eigenvalue weighted by Crippen LogP contribution is 2.35. The summed E-state index contributed by atoms with van der Waals surface area (Å²) in [5.74, 6) is 1.18. The van der Waals surface area contributed by atoms with Crippen molar-refractivity contribution >= 4 is 34.8 Å². The van der Waals surface area contributed by atoms with E-state index >= 15 is 0 Å². The molecular formula is C22H22ClN5O2. The van der Waals surface area contributed by atoms with Gasteiger partial charge in [0.05, 0.1) is 0 Å². The number of aliphatic hydroxyl groups is 1. The van der Waals surface area contributed by atoms with Crippen LogP contribution in [0.3, 0.4) is 0 Å². The monoisotopic (exact) mass is 423 g/mol. The van der Waals surface area contributed by atoms with Crippen LogP contribution >= 0.6 is 11.6 Å². The van der Waals surface area contributed by atoms with Crippen molar-refractivity contribution in [3.63, 3.8) is 0 Å². The molecule has 154 valence electrons. The molecule has 1 atom stereocenters. The van der Waals surface area contributed by atoms with Crippen LogP contribution in [0.1, 0.15) is 36.3 Å². The van der Waals surface area contributed by atoms with Crippen LogP contribution < -0.4 is 10.6 Å². The Bertz CT molecular complexity index is 1090. The van der Waals surface area contributed by atoms with Crippen molar-refractivity contribution in [3.8, 4) is 0 Å². The van der Waals surface area contributed by atoms with Crippen LogP contribution in [-0.2, 0) is 11.2 Å². The molecule has 3 N–H and O–H groups in total. The summed E-state index contributed by atoms with van der Waals surface area (Å²) in [7, 11) is 0. The van der Waals surface area contributed by atoms with Gasteiger partial charge in [0.25, 0.3) is 0 Å². The Kier molecular flexibility index (Phi) is 5.83. The second-order valence-corrected chi connectivity index (χ2v) is 7.46. The topological polar surface area (TPSA) is 92.1 Å². The number of fused-ring (bicyclic) bond motifs is 1. The summed E-state index contributed by atoms with van der Waals surface area (Å²) in [5.41, 5.74) is 3.49. The van der Waals surface area contributed by atoms with Crippen molar-refractivity contribution in [2.24, 2.45) is 0 Å². The SMILES string of the molecule is CC(=O)Nc1ccc(C2=C[C@H](c3ccccc3Cl)n3nc(CCCO)nc3N2)cc1. The Balaban J connectivity index is 1.72. The maximum atomic E-state index is 11.3. The number of hydrogen-bond acceptors (Lipinski definition) is 5. The second-order valence-electron chi connectivity index (χ2n) is 7.05. The number of benzene rings is 2. The molecule has 0 spiro atoms. The number of halogens is 1. The first-order valence-corrected chi connectivity index (χ1v) is 10.1. The van der Waals surface area contributed by atoms with Crippen molar-refractivity contribution in [3.05, 3.63) is 76.6 Å². The molecular weight excluding hydrogens is 402 g/mol. The molecule has 30 heavy (non-hydrogen) atoms. The average Bonchev–Trinajstić information content (AvgIpc) is 3.15. The molecule has 2 heterocycles. The Labute approximate surface area is 179 Å². The van der Waals surface area contributed by atoms with E-state index in [4.69, 9.17) is 16.7 Å². The number of amides is 1. The van der Waals surface area contributed by atoms with E-state index < -0.39 is 0 Å². The number of aromatic nitrogens is 3. The van der Waals surface area contributed by atoms with E-state index in [1.54, 1.807) is 0 Å². The lowest BCUT2D eigenvalue weighted by Gasteiger charge is -2.25. The van der Waals surface area contributed by atoms with Crippen molar-refractivity contribution < 1.29 is 9.90 Å². The molecule has 0 unspecified atom stereocenters. The summed E-state index contributed by atoms with van der Waals surface area (Å²) in [6, 6.07) is 15.0. The maximum Gasteiger partial charge on any atom is 0.226 e. The number of aliphatic hydroxyl groups excluding tert-OH is 1. The van der Waals surface area contributed by atoms with Crippen molar-refractivity contribution in [2.75, 3.05) is 17.2 Å². The van der Waals surface area contributed by atoms with Crippen LogP contribution in [0.25, 0.3) is 5.70 Å². The highest BCUT2D eigenvalue weighted by Gasteiger charge is 2.26. The summed E-state index contributed by atoms with van der Waals surface area (Å²) < 4.78 is 1.82. The van der Waals surface area contributed by atoms with Crippen LogP contribution in [0.4, 0.5) is 11.6 Å². The Morgan fingerprint density at radius 3 is 2.70 bits per heavy atom. The number of carbonyl (C=O) groups excluding carboxylic acids is 1. The lowest BCUT2D eigenvalue weighted by atomic mass is 10.0.